The molecule has 0 saturated heterocycles. The predicted octanol–water partition coefficient (Wildman–Crippen LogP) is -0.162. The highest BCUT2D eigenvalue weighted by atomic mass is 16.5. The fourth-order valence-corrected chi connectivity index (χ4v) is 1.50. The number of rotatable bonds is 7. The summed E-state index contributed by atoms with van der Waals surface area (Å²) in [4.78, 5) is 24.7. The minimum absolute atomic E-state index is 0.0370. The van der Waals surface area contributed by atoms with Crippen molar-refractivity contribution in [1.82, 2.24) is 14.7 Å². The van der Waals surface area contributed by atoms with Crippen molar-refractivity contribution in [2.24, 2.45) is 5.73 Å². The summed E-state index contributed by atoms with van der Waals surface area (Å²) in [5.41, 5.74) is 5.32. The maximum absolute atomic E-state index is 11.8. The number of amides is 1. The molecule has 1 atom stereocenters. The molecule has 0 fully saturated rings. The Bertz CT molecular complexity index is 497. The lowest BCUT2D eigenvalue weighted by Gasteiger charge is -2.11. The number of aryl methyl sites for hydroxylation is 1. The second-order valence-electron chi connectivity index (χ2n) is 4.93. The summed E-state index contributed by atoms with van der Waals surface area (Å²) in [5, 5.41) is 4.01. The zero-order chi connectivity index (χ0) is 15.1. The SMILES string of the molecule is CC(N)COc1cnn(CCCC(=O)N(C)C)c(=O)c1. The Morgan fingerprint density at radius 3 is 2.80 bits per heavy atom. The van der Waals surface area contributed by atoms with Crippen LogP contribution in [0.15, 0.2) is 17.1 Å². The molecule has 1 amide bonds. The van der Waals surface area contributed by atoms with Crippen LogP contribution in [0.1, 0.15) is 19.8 Å². The van der Waals surface area contributed by atoms with Crippen LogP contribution in [0.4, 0.5) is 0 Å². The molecular weight excluding hydrogens is 260 g/mol. The van der Waals surface area contributed by atoms with Crippen molar-refractivity contribution in [3.8, 4) is 5.75 Å². The molecule has 7 heteroatoms. The topological polar surface area (TPSA) is 90.4 Å². The third-order valence-electron chi connectivity index (χ3n) is 2.62. The van der Waals surface area contributed by atoms with Gasteiger partial charge in [0.05, 0.1) is 6.20 Å². The molecule has 112 valence electrons. The number of carbonyl (C=O) groups excluding carboxylic acids is 1. The van der Waals surface area contributed by atoms with E-state index in [9.17, 15) is 9.59 Å². The molecule has 0 aliphatic carbocycles. The lowest BCUT2D eigenvalue weighted by Crippen LogP contribution is -2.26. The third-order valence-corrected chi connectivity index (χ3v) is 2.62. The largest absolute Gasteiger partial charge is 0.490 e. The number of carbonyl (C=O) groups is 1. The molecule has 2 N–H and O–H groups in total. The predicted molar refractivity (Wildman–Crippen MR) is 75.6 cm³/mol. The Morgan fingerprint density at radius 1 is 1.55 bits per heavy atom. The Balaban J connectivity index is 2.52. The van der Waals surface area contributed by atoms with Crippen LogP contribution >= 0.6 is 0 Å². The molecule has 0 saturated carbocycles. The molecule has 0 aromatic carbocycles. The van der Waals surface area contributed by atoms with E-state index in [2.05, 4.69) is 5.10 Å². The Kier molecular flexibility index (Phi) is 6.17. The van der Waals surface area contributed by atoms with Gasteiger partial charge in [-0.15, -0.1) is 0 Å². The van der Waals surface area contributed by atoms with Gasteiger partial charge in [0, 0.05) is 39.2 Å². The fraction of sp³-hybridized carbons (Fsp3) is 0.615. The van der Waals surface area contributed by atoms with Gasteiger partial charge in [0.25, 0.3) is 5.56 Å². The standard InChI is InChI=1S/C13H22N4O3/c1-10(14)9-20-11-7-13(19)17(15-8-11)6-4-5-12(18)16(2)3/h7-8,10H,4-6,9,14H2,1-3H3. The zero-order valence-electron chi connectivity index (χ0n) is 12.2. The van der Waals surface area contributed by atoms with Gasteiger partial charge in [-0.25, -0.2) is 4.68 Å². The minimum Gasteiger partial charge on any atom is -0.490 e. The highest BCUT2D eigenvalue weighted by Crippen LogP contribution is 2.04. The average molecular weight is 282 g/mol. The second kappa shape index (κ2) is 7.64. The summed E-state index contributed by atoms with van der Waals surface area (Å²) >= 11 is 0. The van der Waals surface area contributed by atoms with Gasteiger partial charge in [0.2, 0.25) is 5.91 Å². The first-order chi connectivity index (χ1) is 9.40. The number of hydrogen-bond donors (Lipinski definition) is 1. The van der Waals surface area contributed by atoms with E-state index in [1.807, 2.05) is 6.92 Å². The molecular formula is C13H22N4O3. The average Bonchev–Trinajstić information content (AvgIpc) is 2.38. The summed E-state index contributed by atoms with van der Waals surface area (Å²) in [6, 6.07) is 1.28. The molecule has 7 nitrogen and oxygen atoms in total. The van der Waals surface area contributed by atoms with E-state index in [1.54, 1.807) is 14.1 Å². The Labute approximate surface area is 118 Å². The Morgan fingerprint density at radius 2 is 2.25 bits per heavy atom. The van der Waals surface area contributed by atoms with Crippen LogP contribution in [0.5, 0.6) is 5.75 Å². The highest BCUT2D eigenvalue weighted by molar-refractivity contribution is 5.75. The van der Waals surface area contributed by atoms with E-state index < -0.39 is 0 Å². The first kappa shape index (κ1) is 16.2. The van der Waals surface area contributed by atoms with E-state index in [-0.39, 0.29) is 17.5 Å². The molecule has 0 bridgehead atoms. The first-order valence-electron chi connectivity index (χ1n) is 6.56. The Hall–Kier alpha value is -1.89. The molecule has 0 radical (unpaired) electrons. The third kappa shape index (κ3) is 5.40. The van der Waals surface area contributed by atoms with Gasteiger partial charge in [-0.2, -0.15) is 5.10 Å². The summed E-state index contributed by atoms with van der Waals surface area (Å²) in [6.07, 6.45) is 2.45. The van der Waals surface area contributed by atoms with E-state index in [4.69, 9.17) is 10.5 Å². The summed E-state index contributed by atoms with van der Waals surface area (Å²) in [6.45, 7) is 2.56. The van der Waals surface area contributed by atoms with E-state index in [0.29, 0.717) is 31.7 Å². The number of aromatic nitrogens is 2. The summed E-state index contributed by atoms with van der Waals surface area (Å²) in [5.74, 6) is 0.447. The van der Waals surface area contributed by atoms with E-state index >= 15 is 0 Å². The molecule has 1 unspecified atom stereocenters. The quantitative estimate of drug-likeness (QED) is 0.750. The lowest BCUT2D eigenvalue weighted by atomic mass is 10.3. The molecule has 20 heavy (non-hydrogen) atoms. The van der Waals surface area contributed by atoms with Gasteiger partial charge in [-0.05, 0) is 13.3 Å². The van der Waals surface area contributed by atoms with E-state index in [1.165, 1.54) is 21.8 Å². The van der Waals surface area contributed by atoms with Gasteiger partial charge in [-0.3, -0.25) is 9.59 Å². The number of nitrogens with zero attached hydrogens (tertiary/aromatic N) is 3. The molecule has 1 heterocycles. The van der Waals surface area contributed by atoms with Crippen LogP contribution in [-0.2, 0) is 11.3 Å². The van der Waals surface area contributed by atoms with Crippen molar-refractivity contribution in [1.29, 1.82) is 0 Å². The van der Waals surface area contributed by atoms with Crippen molar-refractivity contribution in [3.05, 3.63) is 22.6 Å². The van der Waals surface area contributed by atoms with Gasteiger partial charge in [-0.1, -0.05) is 0 Å². The van der Waals surface area contributed by atoms with Crippen LogP contribution < -0.4 is 16.0 Å². The van der Waals surface area contributed by atoms with Gasteiger partial charge in [0.15, 0.2) is 0 Å². The van der Waals surface area contributed by atoms with Crippen LogP contribution in [0.25, 0.3) is 0 Å². The fourth-order valence-electron chi connectivity index (χ4n) is 1.50. The maximum atomic E-state index is 11.8. The smallest absolute Gasteiger partial charge is 0.270 e. The van der Waals surface area contributed by atoms with Crippen molar-refractivity contribution >= 4 is 5.91 Å². The number of nitrogens with two attached hydrogens (primary N) is 1. The lowest BCUT2D eigenvalue weighted by molar-refractivity contribution is -0.128. The van der Waals surface area contributed by atoms with Gasteiger partial charge >= 0.3 is 0 Å². The molecule has 1 aromatic rings. The number of hydrogen-bond acceptors (Lipinski definition) is 5. The van der Waals surface area contributed by atoms with Gasteiger partial charge < -0.3 is 15.4 Å². The highest BCUT2D eigenvalue weighted by Gasteiger charge is 2.06. The molecule has 1 aromatic heterocycles. The van der Waals surface area contributed by atoms with Crippen LogP contribution in [0.2, 0.25) is 0 Å². The van der Waals surface area contributed by atoms with Crippen molar-refractivity contribution in [2.75, 3.05) is 20.7 Å². The zero-order valence-corrected chi connectivity index (χ0v) is 12.2. The molecule has 0 aliphatic rings. The minimum atomic E-state index is -0.246. The van der Waals surface area contributed by atoms with Crippen molar-refractivity contribution < 1.29 is 9.53 Å². The van der Waals surface area contributed by atoms with Crippen molar-refractivity contribution in [2.45, 2.75) is 32.4 Å². The molecule has 0 aliphatic heterocycles. The van der Waals surface area contributed by atoms with Crippen molar-refractivity contribution in [3.63, 3.8) is 0 Å². The van der Waals surface area contributed by atoms with Gasteiger partial charge in [0.1, 0.15) is 12.4 Å². The van der Waals surface area contributed by atoms with E-state index in [0.717, 1.165) is 0 Å². The van der Waals surface area contributed by atoms with Crippen LogP contribution in [0.3, 0.4) is 0 Å². The molecule has 1 rings (SSSR count). The normalized spacial score (nSPS) is 12.0. The monoisotopic (exact) mass is 282 g/mol. The summed E-state index contributed by atoms with van der Waals surface area (Å²) in [7, 11) is 3.41. The number of ether oxygens (including phenoxy) is 1. The summed E-state index contributed by atoms with van der Waals surface area (Å²) < 4.78 is 6.64. The maximum Gasteiger partial charge on any atom is 0.270 e. The second-order valence-corrected chi connectivity index (χ2v) is 4.93. The van der Waals surface area contributed by atoms with Crippen LogP contribution in [-0.4, -0.2) is 47.3 Å². The van der Waals surface area contributed by atoms with Crippen LogP contribution in [0, 0.1) is 0 Å². The molecule has 0 spiro atoms. The first-order valence-corrected chi connectivity index (χ1v) is 6.56.